The first-order chi connectivity index (χ1) is 7.56. The van der Waals surface area contributed by atoms with Gasteiger partial charge in [0.2, 0.25) is 0 Å². The van der Waals surface area contributed by atoms with Crippen molar-refractivity contribution < 1.29 is 14.3 Å². The van der Waals surface area contributed by atoms with Crippen molar-refractivity contribution in [3.05, 3.63) is 17.8 Å². The van der Waals surface area contributed by atoms with Crippen molar-refractivity contribution in [1.82, 2.24) is 4.98 Å². The molecule has 4 nitrogen and oxygen atoms in total. The van der Waals surface area contributed by atoms with Crippen LogP contribution in [0, 0.1) is 0 Å². The summed E-state index contributed by atoms with van der Waals surface area (Å²) in [5.41, 5.74) is -0.819. The summed E-state index contributed by atoms with van der Waals surface area (Å²) in [6, 6.07) is 0. The van der Waals surface area contributed by atoms with Gasteiger partial charge in [-0.2, -0.15) is 0 Å². The van der Waals surface area contributed by atoms with Crippen LogP contribution in [-0.4, -0.2) is 16.1 Å². The van der Waals surface area contributed by atoms with Crippen molar-refractivity contribution in [3.8, 4) is 0 Å². The van der Waals surface area contributed by atoms with Crippen molar-refractivity contribution >= 4 is 5.97 Å². The Morgan fingerprint density at radius 2 is 2.12 bits per heavy atom. The van der Waals surface area contributed by atoms with E-state index in [0.29, 0.717) is 24.5 Å². The third kappa shape index (κ3) is 1.62. The predicted molar refractivity (Wildman–Crippen MR) is 58.4 cm³/mol. The van der Waals surface area contributed by atoms with Gasteiger partial charge in [0.15, 0.2) is 5.89 Å². The molecule has 0 aliphatic heterocycles. The van der Waals surface area contributed by atoms with E-state index in [1.54, 1.807) is 6.20 Å². The fourth-order valence-corrected chi connectivity index (χ4v) is 2.32. The summed E-state index contributed by atoms with van der Waals surface area (Å²) in [4.78, 5) is 15.6. The van der Waals surface area contributed by atoms with Gasteiger partial charge in [0.1, 0.15) is 11.2 Å². The molecular weight excluding hydrogens is 206 g/mol. The predicted octanol–water partition coefficient (Wildman–Crippen LogP) is 2.69. The Balaban J connectivity index is 2.36. The molecule has 1 aromatic heterocycles. The van der Waals surface area contributed by atoms with Crippen LogP contribution in [0.4, 0.5) is 0 Å². The molecular formula is C12H17NO3. The molecule has 0 amide bonds. The number of aliphatic carboxylic acids is 1. The van der Waals surface area contributed by atoms with Gasteiger partial charge in [-0.15, -0.1) is 0 Å². The number of carboxylic acid groups (broad SMARTS) is 1. The summed E-state index contributed by atoms with van der Waals surface area (Å²) in [5, 5.41) is 9.38. The van der Waals surface area contributed by atoms with Crippen LogP contribution in [0.2, 0.25) is 0 Å². The molecule has 2 rings (SSSR count). The van der Waals surface area contributed by atoms with Crippen molar-refractivity contribution in [3.63, 3.8) is 0 Å². The Labute approximate surface area is 94.7 Å². The number of hydrogen-bond acceptors (Lipinski definition) is 3. The van der Waals surface area contributed by atoms with Gasteiger partial charge in [0.25, 0.3) is 0 Å². The van der Waals surface area contributed by atoms with Crippen LogP contribution in [0.5, 0.6) is 0 Å². The van der Waals surface area contributed by atoms with E-state index >= 15 is 0 Å². The van der Waals surface area contributed by atoms with Gasteiger partial charge in [-0.1, -0.05) is 26.7 Å². The lowest BCUT2D eigenvalue weighted by atomic mass is 9.84. The van der Waals surface area contributed by atoms with Crippen LogP contribution >= 0.6 is 0 Å². The summed E-state index contributed by atoms with van der Waals surface area (Å²) in [6.45, 7) is 3.97. The molecule has 0 saturated heterocycles. The molecule has 1 aliphatic carbocycles. The smallest absolute Gasteiger partial charge is 0.317 e. The standard InChI is InChI=1S/C12H17NO3/c1-8(2)10-13-7-9(16-10)12(11(14)15)5-3-4-6-12/h7-8H,3-6H2,1-2H3,(H,14,15). The second-order valence-electron chi connectivity index (χ2n) is 4.81. The molecule has 0 unspecified atom stereocenters. The molecule has 4 heteroatoms. The van der Waals surface area contributed by atoms with E-state index in [9.17, 15) is 9.90 Å². The van der Waals surface area contributed by atoms with Gasteiger partial charge in [0, 0.05) is 5.92 Å². The average Bonchev–Trinajstić information content (AvgIpc) is 2.87. The summed E-state index contributed by atoms with van der Waals surface area (Å²) in [6.07, 6.45) is 4.81. The maximum atomic E-state index is 11.4. The van der Waals surface area contributed by atoms with E-state index in [-0.39, 0.29) is 5.92 Å². The SMILES string of the molecule is CC(C)c1ncc(C2(C(=O)O)CCCC2)o1. The summed E-state index contributed by atoms with van der Waals surface area (Å²) in [7, 11) is 0. The molecule has 1 aliphatic rings. The number of aromatic nitrogens is 1. The van der Waals surface area contributed by atoms with Gasteiger partial charge in [-0.25, -0.2) is 4.98 Å². The van der Waals surface area contributed by atoms with Crippen LogP contribution in [0.1, 0.15) is 57.1 Å². The summed E-state index contributed by atoms with van der Waals surface area (Å²) < 4.78 is 5.60. The molecule has 16 heavy (non-hydrogen) atoms. The molecule has 1 N–H and O–H groups in total. The first-order valence-electron chi connectivity index (χ1n) is 5.76. The molecule has 1 heterocycles. The van der Waals surface area contributed by atoms with E-state index in [1.807, 2.05) is 13.8 Å². The summed E-state index contributed by atoms with van der Waals surface area (Å²) >= 11 is 0. The lowest BCUT2D eigenvalue weighted by Crippen LogP contribution is -2.32. The van der Waals surface area contributed by atoms with Gasteiger partial charge >= 0.3 is 5.97 Å². The van der Waals surface area contributed by atoms with E-state index in [1.165, 1.54) is 0 Å². The molecule has 88 valence electrons. The number of carboxylic acids is 1. The molecule has 0 radical (unpaired) electrons. The third-order valence-corrected chi connectivity index (χ3v) is 3.36. The van der Waals surface area contributed by atoms with Gasteiger partial charge < -0.3 is 9.52 Å². The molecule has 1 saturated carbocycles. The number of nitrogens with zero attached hydrogens (tertiary/aromatic N) is 1. The lowest BCUT2D eigenvalue weighted by molar-refractivity contribution is -0.144. The number of rotatable bonds is 3. The van der Waals surface area contributed by atoms with E-state index in [0.717, 1.165) is 12.8 Å². The van der Waals surface area contributed by atoms with E-state index in [2.05, 4.69) is 4.98 Å². The lowest BCUT2D eigenvalue weighted by Gasteiger charge is -2.20. The molecule has 1 fully saturated rings. The van der Waals surface area contributed by atoms with Gasteiger partial charge in [0.05, 0.1) is 6.20 Å². The quantitative estimate of drug-likeness (QED) is 0.855. The fourth-order valence-electron chi connectivity index (χ4n) is 2.32. The Morgan fingerprint density at radius 3 is 2.56 bits per heavy atom. The van der Waals surface area contributed by atoms with Crippen LogP contribution in [0.25, 0.3) is 0 Å². The maximum Gasteiger partial charge on any atom is 0.317 e. The zero-order valence-electron chi connectivity index (χ0n) is 9.69. The molecule has 0 atom stereocenters. The number of carbonyl (C=O) groups is 1. The highest BCUT2D eigenvalue weighted by molar-refractivity contribution is 5.80. The zero-order chi connectivity index (χ0) is 11.8. The molecule has 0 spiro atoms. The van der Waals surface area contributed by atoms with Crippen molar-refractivity contribution in [2.45, 2.75) is 50.9 Å². The van der Waals surface area contributed by atoms with Crippen LogP contribution in [-0.2, 0) is 10.2 Å². The van der Waals surface area contributed by atoms with Crippen molar-refractivity contribution in [1.29, 1.82) is 0 Å². The topological polar surface area (TPSA) is 63.3 Å². The highest BCUT2D eigenvalue weighted by atomic mass is 16.4. The van der Waals surface area contributed by atoms with Gasteiger partial charge in [-0.05, 0) is 12.8 Å². The fraction of sp³-hybridized carbons (Fsp3) is 0.667. The Kier molecular flexibility index (Phi) is 2.74. The monoisotopic (exact) mass is 223 g/mol. The van der Waals surface area contributed by atoms with E-state index in [4.69, 9.17) is 4.42 Å². The van der Waals surface area contributed by atoms with Crippen molar-refractivity contribution in [2.24, 2.45) is 0 Å². The van der Waals surface area contributed by atoms with E-state index < -0.39 is 11.4 Å². The average molecular weight is 223 g/mol. The largest absolute Gasteiger partial charge is 0.480 e. The minimum Gasteiger partial charge on any atom is -0.480 e. The third-order valence-electron chi connectivity index (χ3n) is 3.36. The number of oxazole rings is 1. The Bertz CT molecular complexity index is 389. The van der Waals surface area contributed by atoms with Crippen LogP contribution < -0.4 is 0 Å². The summed E-state index contributed by atoms with van der Waals surface area (Å²) in [5.74, 6) is 0.571. The van der Waals surface area contributed by atoms with Crippen LogP contribution in [0.3, 0.4) is 0 Å². The first-order valence-corrected chi connectivity index (χ1v) is 5.76. The highest BCUT2D eigenvalue weighted by Gasteiger charge is 2.46. The molecule has 0 aromatic carbocycles. The maximum absolute atomic E-state index is 11.4. The minimum atomic E-state index is -0.819. The Hall–Kier alpha value is -1.32. The second kappa shape index (κ2) is 3.92. The highest BCUT2D eigenvalue weighted by Crippen LogP contribution is 2.42. The first kappa shape index (κ1) is 11.2. The van der Waals surface area contributed by atoms with Crippen molar-refractivity contribution in [2.75, 3.05) is 0 Å². The van der Waals surface area contributed by atoms with Gasteiger partial charge in [-0.3, -0.25) is 4.79 Å². The zero-order valence-corrected chi connectivity index (χ0v) is 9.69. The molecule has 1 aromatic rings. The Morgan fingerprint density at radius 1 is 1.50 bits per heavy atom. The number of hydrogen-bond donors (Lipinski definition) is 1. The minimum absolute atomic E-state index is 0.195. The second-order valence-corrected chi connectivity index (χ2v) is 4.81. The normalized spacial score (nSPS) is 19.2. The van der Waals surface area contributed by atoms with Crippen LogP contribution in [0.15, 0.2) is 10.6 Å². The molecule has 0 bridgehead atoms.